The topological polar surface area (TPSA) is 26.3 Å². The molecule has 0 unspecified atom stereocenters. The number of ketones is 1. The van der Waals surface area contributed by atoms with E-state index in [0.717, 1.165) is 11.3 Å². The first-order valence-corrected chi connectivity index (χ1v) is 5.86. The van der Waals surface area contributed by atoms with Crippen LogP contribution in [0.2, 0.25) is 0 Å². The highest BCUT2D eigenvalue weighted by molar-refractivity contribution is 6.06. The van der Waals surface area contributed by atoms with Gasteiger partial charge in [0.15, 0.2) is 5.78 Å². The van der Waals surface area contributed by atoms with Crippen LogP contribution in [0.5, 0.6) is 5.75 Å². The van der Waals surface area contributed by atoms with Crippen LogP contribution < -0.4 is 4.74 Å². The van der Waals surface area contributed by atoms with Gasteiger partial charge in [0, 0.05) is 11.1 Å². The van der Waals surface area contributed by atoms with Crippen LogP contribution >= 0.6 is 0 Å². The fourth-order valence-corrected chi connectivity index (χ4v) is 1.87. The van der Waals surface area contributed by atoms with Gasteiger partial charge in [0.25, 0.3) is 0 Å². The largest absolute Gasteiger partial charge is 0.488 e. The molecule has 0 aromatic heterocycles. The van der Waals surface area contributed by atoms with E-state index in [1.54, 1.807) is 6.08 Å². The standard InChI is InChI=1S/C16H12O2/c17-15(13-4-2-1-3-5-13)9-7-12-6-8-14-11-18-16(14)10-12/h1-10H,11H2/b9-7+. The van der Waals surface area contributed by atoms with Crippen molar-refractivity contribution in [3.05, 3.63) is 71.3 Å². The first kappa shape index (κ1) is 10.8. The molecule has 2 heteroatoms. The molecule has 0 N–H and O–H groups in total. The number of carbonyl (C=O) groups is 1. The maximum atomic E-state index is 11.9. The number of hydrogen-bond donors (Lipinski definition) is 0. The van der Waals surface area contributed by atoms with E-state index >= 15 is 0 Å². The molecule has 2 nitrogen and oxygen atoms in total. The molecule has 0 atom stereocenters. The molecule has 1 aliphatic heterocycles. The molecule has 0 fully saturated rings. The van der Waals surface area contributed by atoms with Gasteiger partial charge in [0.1, 0.15) is 12.4 Å². The zero-order chi connectivity index (χ0) is 12.4. The van der Waals surface area contributed by atoms with E-state index in [1.807, 2.05) is 54.6 Å². The third kappa shape index (κ3) is 2.05. The van der Waals surface area contributed by atoms with Gasteiger partial charge in [-0.25, -0.2) is 0 Å². The molecule has 1 aliphatic rings. The first-order chi connectivity index (χ1) is 8.83. The van der Waals surface area contributed by atoms with Crippen molar-refractivity contribution in [2.24, 2.45) is 0 Å². The average Bonchev–Trinajstić information content (AvgIpc) is 2.39. The normalized spacial score (nSPS) is 12.7. The number of fused-ring (bicyclic) bond motifs is 1. The summed E-state index contributed by atoms with van der Waals surface area (Å²) in [6, 6.07) is 15.2. The van der Waals surface area contributed by atoms with Crippen LogP contribution in [0.4, 0.5) is 0 Å². The summed E-state index contributed by atoms with van der Waals surface area (Å²) in [6.45, 7) is 0.697. The number of ether oxygens (including phenoxy) is 1. The molecule has 0 spiro atoms. The van der Waals surface area contributed by atoms with Gasteiger partial charge in [0.05, 0.1) is 0 Å². The Balaban J connectivity index is 1.77. The summed E-state index contributed by atoms with van der Waals surface area (Å²) in [7, 11) is 0. The minimum absolute atomic E-state index is 0.0132. The van der Waals surface area contributed by atoms with Crippen molar-refractivity contribution in [2.75, 3.05) is 0 Å². The number of carbonyl (C=O) groups excluding carboxylic acids is 1. The van der Waals surface area contributed by atoms with E-state index in [2.05, 4.69) is 0 Å². The molecule has 1 heterocycles. The molecule has 88 valence electrons. The molecule has 18 heavy (non-hydrogen) atoms. The van der Waals surface area contributed by atoms with Crippen LogP contribution in [0, 0.1) is 0 Å². The third-order valence-corrected chi connectivity index (χ3v) is 2.96. The Kier molecular flexibility index (Phi) is 2.69. The molecule has 0 aliphatic carbocycles. The summed E-state index contributed by atoms with van der Waals surface area (Å²) in [6.07, 6.45) is 3.41. The zero-order valence-electron chi connectivity index (χ0n) is 9.80. The van der Waals surface area contributed by atoms with Gasteiger partial charge in [-0.05, 0) is 17.7 Å². The Bertz CT molecular complexity index is 612. The lowest BCUT2D eigenvalue weighted by molar-refractivity contribution is 0.104. The van der Waals surface area contributed by atoms with Crippen LogP contribution in [-0.4, -0.2) is 5.78 Å². The van der Waals surface area contributed by atoms with Crippen molar-refractivity contribution in [3.63, 3.8) is 0 Å². The van der Waals surface area contributed by atoms with Gasteiger partial charge in [-0.15, -0.1) is 0 Å². The van der Waals surface area contributed by atoms with Crippen LogP contribution in [0.15, 0.2) is 54.6 Å². The molecule has 0 saturated carbocycles. The molecule has 0 radical (unpaired) electrons. The van der Waals surface area contributed by atoms with E-state index in [4.69, 9.17) is 4.74 Å². The van der Waals surface area contributed by atoms with Gasteiger partial charge in [0.2, 0.25) is 0 Å². The summed E-state index contributed by atoms with van der Waals surface area (Å²) < 4.78 is 5.29. The maximum absolute atomic E-state index is 11.9. The maximum Gasteiger partial charge on any atom is 0.185 e. The summed E-state index contributed by atoms with van der Waals surface area (Å²) in [5.74, 6) is 0.934. The smallest absolute Gasteiger partial charge is 0.185 e. The van der Waals surface area contributed by atoms with Crippen molar-refractivity contribution in [1.29, 1.82) is 0 Å². The van der Waals surface area contributed by atoms with E-state index in [-0.39, 0.29) is 5.78 Å². The fourth-order valence-electron chi connectivity index (χ4n) is 1.87. The number of benzene rings is 2. The Morgan fingerprint density at radius 1 is 1.11 bits per heavy atom. The second-order valence-electron chi connectivity index (χ2n) is 4.22. The lowest BCUT2D eigenvalue weighted by atomic mass is 10.1. The molecule has 0 amide bonds. The monoisotopic (exact) mass is 236 g/mol. The van der Waals surface area contributed by atoms with Crippen molar-refractivity contribution in [3.8, 4) is 5.75 Å². The Labute approximate surface area is 106 Å². The molecule has 2 aromatic carbocycles. The average molecular weight is 236 g/mol. The van der Waals surface area contributed by atoms with Crippen molar-refractivity contribution < 1.29 is 9.53 Å². The highest BCUT2D eigenvalue weighted by Gasteiger charge is 2.13. The van der Waals surface area contributed by atoms with Crippen molar-refractivity contribution in [1.82, 2.24) is 0 Å². The Morgan fingerprint density at radius 3 is 2.61 bits per heavy atom. The predicted octanol–water partition coefficient (Wildman–Crippen LogP) is 3.48. The minimum atomic E-state index is 0.0132. The number of hydrogen-bond acceptors (Lipinski definition) is 2. The van der Waals surface area contributed by atoms with E-state index in [0.29, 0.717) is 12.2 Å². The van der Waals surface area contributed by atoms with Crippen LogP contribution in [0.25, 0.3) is 6.08 Å². The van der Waals surface area contributed by atoms with E-state index in [9.17, 15) is 4.79 Å². The second kappa shape index (κ2) is 4.49. The van der Waals surface area contributed by atoms with Crippen LogP contribution in [-0.2, 0) is 6.61 Å². The molecular formula is C16H12O2. The van der Waals surface area contributed by atoms with Gasteiger partial charge in [-0.3, -0.25) is 4.79 Å². The van der Waals surface area contributed by atoms with Gasteiger partial charge in [-0.1, -0.05) is 48.5 Å². The van der Waals surface area contributed by atoms with Crippen molar-refractivity contribution in [2.45, 2.75) is 6.61 Å². The molecular weight excluding hydrogens is 224 g/mol. The van der Waals surface area contributed by atoms with Crippen LogP contribution in [0.1, 0.15) is 21.5 Å². The number of allylic oxidation sites excluding steroid dienone is 1. The zero-order valence-corrected chi connectivity index (χ0v) is 9.80. The lowest BCUT2D eigenvalue weighted by Crippen LogP contribution is -2.08. The Morgan fingerprint density at radius 2 is 1.94 bits per heavy atom. The summed E-state index contributed by atoms with van der Waals surface area (Å²) in [4.78, 5) is 11.9. The third-order valence-electron chi connectivity index (χ3n) is 2.96. The molecule has 2 aromatic rings. The van der Waals surface area contributed by atoms with E-state index in [1.165, 1.54) is 5.56 Å². The van der Waals surface area contributed by atoms with Gasteiger partial charge >= 0.3 is 0 Å². The molecule has 0 bridgehead atoms. The summed E-state index contributed by atoms with van der Waals surface area (Å²) in [5, 5.41) is 0. The van der Waals surface area contributed by atoms with Gasteiger partial charge < -0.3 is 4.74 Å². The Hall–Kier alpha value is -2.35. The lowest BCUT2D eigenvalue weighted by Gasteiger charge is -2.20. The highest BCUT2D eigenvalue weighted by Crippen LogP contribution is 2.30. The molecule has 0 saturated heterocycles. The van der Waals surface area contributed by atoms with Gasteiger partial charge in [-0.2, -0.15) is 0 Å². The second-order valence-corrected chi connectivity index (χ2v) is 4.22. The van der Waals surface area contributed by atoms with Crippen molar-refractivity contribution >= 4 is 11.9 Å². The minimum Gasteiger partial charge on any atom is -0.488 e. The van der Waals surface area contributed by atoms with E-state index < -0.39 is 0 Å². The fraction of sp³-hybridized carbons (Fsp3) is 0.0625. The molecule has 3 rings (SSSR count). The summed E-state index contributed by atoms with van der Waals surface area (Å²) >= 11 is 0. The van der Waals surface area contributed by atoms with Crippen LogP contribution in [0.3, 0.4) is 0 Å². The SMILES string of the molecule is O=C(/C=C/c1ccc2c(c1)OC2)c1ccccc1. The quantitative estimate of drug-likeness (QED) is 0.602. The highest BCUT2D eigenvalue weighted by atomic mass is 16.5. The first-order valence-electron chi connectivity index (χ1n) is 5.86. The number of rotatable bonds is 3. The predicted molar refractivity (Wildman–Crippen MR) is 70.6 cm³/mol. The summed E-state index contributed by atoms with van der Waals surface area (Å²) in [5.41, 5.74) is 2.91.